The average Bonchev–Trinajstić information content (AvgIpc) is 2.68. The molecule has 0 spiro atoms. The number of rotatable bonds is 7. The average molecular weight is 378 g/mol. The van der Waals surface area contributed by atoms with E-state index in [-0.39, 0.29) is 0 Å². The first-order valence-electron chi connectivity index (χ1n) is 8.14. The van der Waals surface area contributed by atoms with Crippen molar-refractivity contribution in [1.82, 2.24) is 19.0 Å². The monoisotopic (exact) mass is 378 g/mol. The Bertz CT molecular complexity index is 977. The van der Waals surface area contributed by atoms with Gasteiger partial charge < -0.3 is 14.8 Å². The van der Waals surface area contributed by atoms with E-state index in [0.717, 1.165) is 14.7 Å². The van der Waals surface area contributed by atoms with E-state index >= 15 is 0 Å². The molecule has 2 rings (SSSR count). The molecule has 146 valence electrons. The van der Waals surface area contributed by atoms with Crippen LogP contribution in [0.5, 0.6) is 11.5 Å². The van der Waals surface area contributed by atoms with Crippen LogP contribution in [-0.2, 0) is 31.9 Å². The highest BCUT2D eigenvalue weighted by atomic mass is 16.5. The van der Waals surface area contributed by atoms with Crippen molar-refractivity contribution in [2.24, 2.45) is 14.1 Å². The molecule has 27 heavy (non-hydrogen) atoms. The van der Waals surface area contributed by atoms with Gasteiger partial charge in [0.15, 0.2) is 11.5 Å². The molecule has 10 nitrogen and oxygen atoms in total. The molecule has 0 saturated heterocycles. The lowest BCUT2D eigenvalue weighted by atomic mass is 10.1. The molecule has 0 aliphatic heterocycles. The highest BCUT2D eigenvalue weighted by Crippen LogP contribution is 2.27. The second-order valence-electron chi connectivity index (χ2n) is 5.84. The van der Waals surface area contributed by atoms with Crippen molar-refractivity contribution >= 4 is 5.91 Å². The van der Waals surface area contributed by atoms with Crippen molar-refractivity contribution < 1.29 is 14.3 Å². The van der Waals surface area contributed by atoms with Gasteiger partial charge in [0.25, 0.3) is 0 Å². The van der Waals surface area contributed by atoms with Gasteiger partial charge in [-0.05, 0) is 24.1 Å². The van der Waals surface area contributed by atoms with Crippen LogP contribution < -0.4 is 31.9 Å². The summed E-state index contributed by atoms with van der Waals surface area (Å²) in [5.41, 5.74) is -1.49. The maximum absolute atomic E-state index is 12.1. The number of carbonyl (C=O) groups is 1. The van der Waals surface area contributed by atoms with Crippen LogP contribution in [0.3, 0.4) is 0 Å². The highest BCUT2D eigenvalue weighted by molar-refractivity contribution is 5.75. The van der Waals surface area contributed by atoms with Gasteiger partial charge in [0, 0.05) is 20.6 Å². The number of amides is 1. The minimum Gasteiger partial charge on any atom is -0.493 e. The van der Waals surface area contributed by atoms with Crippen molar-refractivity contribution in [3.05, 3.63) is 55.2 Å². The van der Waals surface area contributed by atoms with E-state index in [1.54, 1.807) is 19.2 Å². The van der Waals surface area contributed by atoms with Gasteiger partial charge in [-0.1, -0.05) is 6.07 Å². The number of ether oxygens (including phenoxy) is 2. The van der Waals surface area contributed by atoms with Crippen molar-refractivity contribution in [3.8, 4) is 11.5 Å². The normalized spacial score (nSPS) is 10.5. The predicted molar refractivity (Wildman–Crippen MR) is 97.4 cm³/mol. The first-order valence-corrected chi connectivity index (χ1v) is 8.14. The maximum Gasteiger partial charge on any atom is 0.336 e. The quantitative estimate of drug-likeness (QED) is 0.635. The Morgan fingerprint density at radius 1 is 0.963 bits per heavy atom. The molecular weight excluding hydrogens is 356 g/mol. The van der Waals surface area contributed by atoms with Gasteiger partial charge in [0.2, 0.25) is 5.91 Å². The Balaban J connectivity index is 2.03. The molecule has 0 aliphatic carbocycles. The fourth-order valence-electron chi connectivity index (χ4n) is 2.55. The largest absolute Gasteiger partial charge is 0.493 e. The van der Waals surface area contributed by atoms with Crippen molar-refractivity contribution in [3.63, 3.8) is 0 Å². The number of hydrogen-bond donors (Lipinski definition) is 1. The Kier molecular flexibility index (Phi) is 6.22. The molecule has 0 atom stereocenters. The van der Waals surface area contributed by atoms with E-state index in [1.165, 1.54) is 21.2 Å². The zero-order valence-electron chi connectivity index (χ0n) is 15.6. The third-order valence-corrected chi connectivity index (χ3v) is 4.10. The summed E-state index contributed by atoms with van der Waals surface area (Å²) in [7, 11) is 5.57. The molecule has 2 aromatic rings. The van der Waals surface area contributed by atoms with E-state index in [1.807, 2.05) is 6.07 Å². The molecule has 1 aromatic carbocycles. The zero-order valence-corrected chi connectivity index (χ0v) is 15.6. The molecule has 1 aromatic heterocycles. The second kappa shape index (κ2) is 8.39. The number of aromatic nitrogens is 3. The molecule has 1 heterocycles. The summed E-state index contributed by atoms with van der Waals surface area (Å²) in [5, 5.41) is 2.65. The van der Waals surface area contributed by atoms with Gasteiger partial charge in [-0.3, -0.25) is 4.79 Å². The Labute approximate surface area is 154 Å². The van der Waals surface area contributed by atoms with E-state index in [4.69, 9.17) is 9.47 Å². The topological polar surface area (TPSA) is 114 Å². The lowest BCUT2D eigenvalue weighted by Gasteiger charge is -2.11. The SMILES string of the molecule is COc1ccc(CCNC(=O)Cn2c(=O)n(C)c(=O)n(C)c2=O)cc1OC. The molecular formula is C17H22N4O6. The van der Waals surface area contributed by atoms with Gasteiger partial charge in [-0.2, -0.15) is 0 Å². The minimum absolute atomic E-state index is 0.301. The van der Waals surface area contributed by atoms with Crippen LogP contribution in [0.25, 0.3) is 0 Å². The van der Waals surface area contributed by atoms with Crippen LogP contribution in [-0.4, -0.2) is 40.4 Å². The number of benzene rings is 1. The molecule has 10 heteroatoms. The lowest BCUT2D eigenvalue weighted by Crippen LogP contribution is -2.54. The molecule has 0 bridgehead atoms. The maximum atomic E-state index is 12.1. The smallest absolute Gasteiger partial charge is 0.336 e. The Hall–Kier alpha value is -3.30. The molecule has 0 unspecified atom stereocenters. The number of carbonyl (C=O) groups excluding carboxylic acids is 1. The summed E-state index contributed by atoms with van der Waals surface area (Å²) in [6.45, 7) is -0.166. The Morgan fingerprint density at radius 3 is 2.11 bits per heavy atom. The van der Waals surface area contributed by atoms with Gasteiger partial charge in [-0.25, -0.2) is 28.1 Å². The summed E-state index contributed by atoms with van der Waals surface area (Å²) >= 11 is 0. The van der Waals surface area contributed by atoms with Crippen molar-refractivity contribution in [2.45, 2.75) is 13.0 Å². The van der Waals surface area contributed by atoms with Crippen LogP contribution in [0.1, 0.15) is 5.56 Å². The van der Waals surface area contributed by atoms with Gasteiger partial charge in [0.1, 0.15) is 6.54 Å². The van der Waals surface area contributed by atoms with E-state index in [9.17, 15) is 19.2 Å². The van der Waals surface area contributed by atoms with Crippen LogP contribution in [0.15, 0.2) is 32.6 Å². The van der Waals surface area contributed by atoms with E-state index in [2.05, 4.69) is 5.32 Å². The fourth-order valence-corrected chi connectivity index (χ4v) is 2.55. The van der Waals surface area contributed by atoms with Gasteiger partial charge >= 0.3 is 17.1 Å². The molecule has 0 fully saturated rings. The second-order valence-corrected chi connectivity index (χ2v) is 5.84. The van der Waals surface area contributed by atoms with Crippen molar-refractivity contribution in [2.75, 3.05) is 20.8 Å². The van der Waals surface area contributed by atoms with Gasteiger partial charge in [-0.15, -0.1) is 0 Å². The van der Waals surface area contributed by atoms with Crippen LogP contribution in [0, 0.1) is 0 Å². The summed E-state index contributed by atoms with van der Waals surface area (Å²) in [5.74, 6) is 0.685. The summed E-state index contributed by atoms with van der Waals surface area (Å²) in [6, 6.07) is 5.42. The molecule has 1 amide bonds. The predicted octanol–water partition coefficient (Wildman–Crippen LogP) is -1.38. The van der Waals surface area contributed by atoms with Crippen molar-refractivity contribution in [1.29, 1.82) is 0 Å². The molecule has 0 aliphatic rings. The van der Waals surface area contributed by atoms with Crippen LogP contribution >= 0.6 is 0 Å². The number of hydrogen-bond acceptors (Lipinski definition) is 6. The Morgan fingerprint density at radius 2 is 1.56 bits per heavy atom. The zero-order chi connectivity index (χ0) is 20.1. The summed E-state index contributed by atoms with van der Waals surface area (Å²) in [4.78, 5) is 47.8. The van der Waals surface area contributed by atoms with E-state index < -0.39 is 29.5 Å². The standard InChI is InChI=1S/C17H22N4O6/c1-19-15(23)20(2)17(25)21(16(19)24)10-14(22)18-8-7-11-5-6-12(26-3)13(9-11)27-4/h5-6,9H,7-8,10H2,1-4H3,(H,18,22). The number of methoxy groups -OCH3 is 2. The number of nitrogens with one attached hydrogen (secondary N) is 1. The molecule has 0 saturated carbocycles. The first-order chi connectivity index (χ1) is 12.8. The molecule has 1 N–H and O–H groups in total. The van der Waals surface area contributed by atoms with E-state index in [0.29, 0.717) is 29.0 Å². The summed E-state index contributed by atoms with van der Waals surface area (Å²) < 4.78 is 12.7. The highest BCUT2D eigenvalue weighted by Gasteiger charge is 2.13. The molecule has 0 radical (unpaired) electrons. The third kappa shape index (κ3) is 4.27. The fraction of sp³-hybridized carbons (Fsp3) is 0.412. The lowest BCUT2D eigenvalue weighted by molar-refractivity contribution is -0.121. The summed E-state index contributed by atoms with van der Waals surface area (Å²) in [6.07, 6.45) is 0.520. The number of nitrogens with zero attached hydrogens (tertiary/aromatic N) is 3. The van der Waals surface area contributed by atoms with Gasteiger partial charge in [0.05, 0.1) is 14.2 Å². The van der Waals surface area contributed by atoms with Crippen LogP contribution in [0.4, 0.5) is 0 Å². The minimum atomic E-state index is -0.835. The first kappa shape index (κ1) is 20.0. The third-order valence-electron chi connectivity index (χ3n) is 4.10. The van der Waals surface area contributed by atoms with Crippen LogP contribution in [0.2, 0.25) is 0 Å².